The number of carboxylic acid groups (broad SMARTS) is 1. The molecular formula is C22H27N9O5. The van der Waals surface area contributed by atoms with E-state index in [1.807, 2.05) is 7.05 Å². The minimum absolute atomic E-state index is 0.0180. The standard InChI is InChI=1S/C22H27N9O5/c1-30(15-8-3-2-4-9-15)12-16-19(25-29-31(16)21-20(23)27-36-28-21)22(34)26-24-11-14-7-5-6-10-17(14)35-13-18(32)33/h5-7,10-11,15H,2-4,8-9,12-13H2,1H3,(H2,23,27)(H,26,34)(H,32,33)/b24-11+. The molecule has 0 spiro atoms. The highest BCUT2D eigenvalue weighted by molar-refractivity contribution is 5.94. The van der Waals surface area contributed by atoms with E-state index in [1.165, 1.54) is 17.3 Å². The Morgan fingerprint density at radius 3 is 2.81 bits per heavy atom. The second-order valence-electron chi connectivity index (χ2n) is 8.40. The van der Waals surface area contributed by atoms with Crippen LogP contribution in [0.25, 0.3) is 5.82 Å². The molecule has 1 aromatic carbocycles. The lowest BCUT2D eigenvalue weighted by Crippen LogP contribution is -2.34. The molecule has 1 fully saturated rings. The number of rotatable bonds is 10. The second kappa shape index (κ2) is 11.4. The molecule has 1 saturated carbocycles. The Labute approximate surface area is 206 Å². The lowest BCUT2D eigenvalue weighted by molar-refractivity contribution is -0.139. The smallest absolute Gasteiger partial charge is 0.341 e. The zero-order valence-corrected chi connectivity index (χ0v) is 19.7. The molecule has 0 radical (unpaired) electrons. The average Bonchev–Trinajstić information content (AvgIpc) is 3.49. The summed E-state index contributed by atoms with van der Waals surface area (Å²) in [7, 11) is 1.99. The third-order valence-electron chi connectivity index (χ3n) is 5.91. The zero-order chi connectivity index (χ0) is 25.5. The van der Waals surface area contributed by atoms with E-state index in [4.69, 9.17) is 20.2 Å². The molecule has 14 heteroatoms. The predicted molar refractivity (Wildman–Crippen MR) is 127 cm³/mol. The highest BCUT2D eigenvalue weighted by Gasteiger charge is 2.27. The fourth-order valence-electron chi connectivity index (χ4n) is 4.09. The van der Waals surface area contributed by atoms with E-state index < -0.39 is 18.5 Å². The molecule has 0 unspecified atom stereocenters. The molecule has 3 aromatic rings. The van der Waals surface area contributed by atoms with Gasteiger partial charge in [0, 0.05) is 18.2 Å². The Morgan fingerprint density at radius 1 is 1.31 bits per heavy atom. The van der Waals surface area contributed by atoms with E-state index in [-0.39, 0.29) is 17.3 Å². The Hall–Kier alpha value is -4.33. The molecule has 0 bridgehead atoms. The Kier molecular flexibility index (Phi) is 7.85. The van der Waals surface area contributed by atoms with E-state index in [2.05, 4.69) is 36.1 Å². The van der Waals surface area contributed by atoms with Crippen LogP contribution < -0.4 is 15.9 Å². The van der Waals surface area contributed by atoms with Crippen LogP contribution in [0.4, 0.5) is 5.82 Å². The van der Waals surface area contributed by atoms with Crippen LogP contribution in [0.3, 0.4) is 0 Å². The van der Waals surface area contributed by atoms with Gasteiger partial charge in [0.1, 0.15) is 5.75 Å². The number of hydrogen-bond donors (Lipinski definition) is 3. The first-order chi connectivity index (χ1) is 17.4. The number of carbonyl (C=O) groups is 2. The van der Waals surface area contributed by atoms with Gasteiger partial charge < -0.3 is 15.6 Å². The van der Waals surface area contributed by atoms with E-state index in [0.717, 1.165) is 25.7 Å². The summed E-state index contributed by atoms with van der Waals surface area (Å²) in [5.41, 5.74) is 9.30. The summed E-state index contributed by atoms with van der Waals surface area (Å²) >= 11 is 0. The molecule has 1 amide bonds. The molecule has 0 aliphatic heterocycles. The molecule has 14 nitrogen and oxygen atoms in total. The summed E-state index contributed by atoms with van der Waals surface area (Å²) in [5.74, 6) is -1.23. The van der Waals surface area contributed by atoms with Gasteiger partial charge in [-0.15, -0.1) is 5.10 Å². The summed E-state index contributed by atoms with van der Waals surface area (Å²) < 4.78 is 11.3. The summed E-state index contributed by atoms with van der Waals surface area (Å²) in [5, 5.41) is 28.3. The summed E-state index contributed by atoms with van der Waals surface area (Å²) in [6.07, 6.45) is 7.04. The normalized spacial score (nSPS) is 14.4. The number of para-hydroxylation sites is 1. The molecule has 4 rings (SSSR count). The number of nitrogens with zero attached hydrogens (tertiary/aromatic N) is 7. The number of hydrogen-bond acceptors (Lipinski definition) is 11. The fraction of sp³-hybridized carbons (Fsp3) is 0.409. The monoisotopic (exact) mass is 497 g/mol. The van der Waals surface area contributed by atoms with Crippen LogP contribution in [0.5, 0.6) is 5.75 Å². The lowest BCUT2D eigenvalue weighted by atomic mass is 9.94. The molecule has 2 heterocycles. The summed E-state index contributed by atoms with van der Waals surface area (Å²) in [4.78, 5) is 26.0. The van der Waals surface area contributed by atoms with Gasteiger partial charge in [0.2, 0.25) is 11.6 Å². The average molecular weight is 498 g/mol. The van der Waals surface area contributed by atoms with E-state index in [0.29, 0.717) is 29.6 Å². The minimum Gasteiger partial charge on any atom is -0.481 e. The number of carboxylic acids is 1. The van der Waals surface area contributed by atoms with Crippen LogP contribution in [0, 0.1) is 0 Å². The van der Waals surface area contributed by atoms with Gasteiger partial charge in [-0.3, -0.25) is 9.69 Å². The largest absolute Gasteiger partial charge is 0.481 e. The van der Waals surface area contributed by atoms with Crippen molar-refractivity contribution >= 4 is 23.9 Å². The van der Waals surface area contributed by atoms with Crippen molar-refractivity contribution in [3.05, 3.63) is 41.2 Å². The molecule has 190 valence electrons. The van der Waals surface area contributed by atoms with Crippen molar-refractivity contribution in [2.45, 2.75) is 44.7 Å². The fourth-order valence-corrected chi connectivity index (χ4v) is 4.09. The number of ether oxygens (including phenoxy) is 1. The van der Waals surface area contributed by atoms with Crippen LogP contribution in [-0.2, 0) is 11.3 Å². The number of benzene rings is 1. The van der Waals surface area contributed by atoms with Crippen molar-refractivity contribution in [3.63, 3.8) is 0 Å². The summed E-state index contributed by atoms with van der Waals surface area (Å²) in [6, 6.07) is 7.08. The Bertz CT molecular complexity index is 1230. The number of aromatic nitrogens is 5. The van der Waals surface area contributed by atoms with Gasteiger partial charge in [0.15, 0.2) is 12.3 Å². The highest BCUT2D eigenvalue weighted by atomic mass is 16.6. The topological polar surface area (TPSA) is 187 Å². The first-order valence-corrected chi connectivity index (χ1v) is 11.4. The van der Waals surface area contributed by atoms with Crippen LogP contribution in [-0.4, -0.2) is 73.1 Å². The van der Waals surface area contributed by atoms with Gasteiger partial charge in [-0.2, -0.15) is 9.78 Å². The Balaban J connectivity index is 1.54. The van der Waals surface area contributed by atoms with Crippen molar-refractivity contribution in [1.82, 2.24) is 35.6 Å². The van der Waals surface area contributed by atoms with Crippen molar-refractivity contribution in [2.75, 3.05) is 19.4 Å². The number of nitrogens with one attached hydrogen (secondary N) is 1. The first kappa shape index (κ1) is 24.8. The maximum atomic E-state index is 13.0. The molecule has 1 aliphatic carbocycles. The third kappa shape index (κ3) is 5.83. The molecular weight excluding hydrogens is 470 g/mol. The van der Waals surface area contributed by atoms with Gasteiger partial charge in [-0.05, 0) is 42.3 Å². The van der Waals surface area contributed by atoms with E-state index in [9.17, 15) is 9.59 Å². The number of nitrogens with two attached hydrogens (primary N) is 1. The van der Waals surface area contributed by atoms with Gasteiger partial charge in [-0.25, -0.2) is 14.8 Å². The highest BCUT2D eigenvalue weighted by Crippen LogP contribution is 2.24. The zero-order valence-electron chi connectivity index (χ0n) is 19.7. The number of aliphatic carboxylic acids is 1. The first-order valence-electron chi connectivity index (χ1n) is 11.4. The molecule has 36 heavy (non-hydrogen) atoms. The van der Waals surface area contributed by atoms with E-state index in [1.54, 1.807) is 24.3 Å². The summed E-state index contributed by atoms with van der Waals surface area (Å²) in [6.45, 7) is -0.138. The maximum Gasteiger partial charge on any atom is 0.341 e. The van der Waals surface area contributed by atoms with Crippen molar-refractivity contribution in [3.8, 4) is 11.6 Å². The molecule has 1 aliphatic rings. The van der Waals surface area contributed by atoms with E-state index >= 15 is 0 Å². The number of amides is 1. The van der Waals surface area contributed by atoms with Gasteiger partial charge >= 0.3 is 5.97 Å². The predicted octanol–water partition coefficient (Wildman–Crippen LogP) is 1.22. The second-order valence-corrected chi connectivity index (χ2v) is 8.40. The minimum atomic E-state index is -1.10. The van der Waals surface area contributed by atoms with Crippen molar-refractivity contribution < 1.29 is 24.1 Å². The lowest BCUT2D eigenvalue weighted by Gasteiger charge is -2.31. The Morgan fingerprint density at radius 2 is 2.08 bits per heavy atom. The van der Waals surface area contributed by atoms with Crippen molar-refractivity contribution in [2.24, 2.45) is 5.10 Å². The number of nitrogen functional groups attached to an aromatic ring is 1. The van der Waals surface area contributed by atoms with Crippen LogP contribution in [0.1, 0.15) is 53.8 Å². The molecule has 2 aromatic heterocycles. The molecule has 4 N–H and O–H groups in total. The molecule has 0 atom stereocenters. The number of anilines is 1. The van der Waals surface area contributed by atoms with Gasteiger partial charge in [-0.1, -0.05) is 36.6 Å². The van der Waals surface area contributed by atoms with Crippen LogP contribution in [0.15, 0.2) is 34.0 Å². The maximum absolute atomic E-state index is 13.0. The number of hydrazone groups is 1. The van der Waals surface area contributed by atoms with Crippen molar-refractivity contribution in [1.29, 1.82) is 0 Å². The van der Waals surface area contributed by atoms with Crippen LogP contribution in [0.2, 0.25) is 0 Å². The van der Waals surface area contributed by atoms with Crippen LogP contribution >= 0.6 is 0 Å². The molecule has 0 saturated heterocycles. The SMILES string of the molecule is CN(Cc1c(C(=O)N/N=C/c2ccccc2OCC(=O)O)nnn1-c1nonc1N)C1CCCCC1. The quantitative estimate of drug-likeness (QED) is 0.270. The van der Waals surface area contributed by atoms with Gasteiger partial charge in [0.25, 0.3) is 5.91 Å². The van der Waals surface area contributed by atoms with Gasteiger partial charge in [0.05, 0.1) is 11.9 Å². The number of carbonyl (C=O) groups excluding carboxylic acids is 1. The third-order valence-corrected chi connectivity index (χ3v) is 5.91.